The quantitative estimate of drug-likeness (QED) is 0.869. The van der Waals surface area contributed by atoms with Gasteiger partial charge < -0.3 is 9.26 Å². The van der Waals surface area contributed by atoms with Crippen molar-refractivity contribution in [2.75, 3.05) is 11.9 Å². The van der Waals surface area contributed by atoms with E-state index in [0.29, 0.717) is 5.56 Å². The molecule has 2 rings (SSSR count). The second-order valence-electron chi connectivity index (χ2n) is 6.75. The topological polar surface area (TPSA) is 81.4 Å². The van der Waals surface area contributed by atoms with E-state index in [-0.39, 0.29) is 11.3 Å². The molecule has 0 saturated carbocycles. The summed E-state index contributed by atoms with van der Waals surface area (Å²) < 4.78 is 10.1. The Labute approximate surface area is 141 Å². The van der Waals surface area contributed by atoms with Crippen LogP contribution in [0.3, 0.4) is 0 Å². The SMILES string of the molecule is Cc1ccc(C(=O)OCC(=O)Nc2cc(C(C)(C)C)no2)cc1C. The molecular weight excluding hydrogens is 308 g/mol. The van der Waals surface area contributed by atoms with Crippen LogP contribution in [0.5, 0.6) is 0 Å². The number of anilines is 1. The Morgan fingerprint density at radius 3 is 2.46 bits per heavy atom. The van der Waals surface area contributed by atoms with Crippen molar-refractivity contribution < 1.29 is 18.8 Å². The minimum atomic E-state index is -0.541. The van der Waals surface area contributed by atoms with Gasteiger partial charge in [0.15, 0.2) is 6.61 Å². The van der Waals surface area contributed by atoms with E-state index >= 15 is 0 Å². The molecule has 0 atom stereocenters. The summed E-state index contributed by atoms with van der Waals surface area (Å²) in [6.45, 7) is 9.44. The molecule has 6 heteroatoms. The van der Waals surface area contributed by atoms with Crippen molar-refractivity contribution in [3.05, 3.63) is 46.6 Å². The van der Waals surface area contributed by atoms with Crippen LogP contribution in [0.1, 0.15) is 48.0 Å². The Morgan fingerprint density at radius 2 is 1.88 bits per heavy atom. The van der Waals surface area contributed by atoms with Crippen LogP contribution >= 0.6 is 0 Å². The Morgan fingerprint density at radius 1 is 1.17 bits per heavy atom. The largest absolute Gasteiger partial charge is 0.452 e. The van der Waals surface area contributed by atoms with Crippen molar-refractivity contribution in [2.45, 2.75) is 40.0 Å². The normalized spacial score (nSPS) is 11.2. The van der Waals surface area contributed by atoms with Gasteiger partial charge in [0, 0.05) is 11.5 Å². The third-order valence-electron chi connectivity index (χ3n) is 3.62. The number of aromatic nitrogens is 1. The molecule has 0 aliphatic carbocycles. The molecule has 128 valence electrons. The lowest BCUT2D eigenvalue weighted by molar-refractivity contribution is -0.119. The van der Waals surface area contributed by atoms with Crippen LogP contribution in [0.4, 0.5) is 5.88 Å². The molecule has 0 bridgehead atoms. The van der Waals surface area contributed by atoms with Crippen molar-refractivity contribution in [3.8, 4) is 0 Å². The Kier molecular flexibility index (Phi) is 5.07. The van der Waals surface area contributed by atoms with E-state index in [1.807, 2.05) is 40.7 Å². The first-order chi connectivity index (χ1) is 11.2. The van der Waals surface area contributed by atoms with E-state index in [4.69, 9.17) is 9.26 Å². The number of hydrogen-bond donors (Lipinski definition) is 1. The number of ether oxygens (including phenoxy) is 1. The third-order valence-corrected chi connectivity index (χ3v) is 3.62. The first-order valence-electron chi connectivity index (χ1n) is 7.68. The van der Waals surface area contributed by atoms with Gasteiger partial charge in [0.25, 0.3) is 5.91 Å². The minimum Gasteiger partial charge on any atom is -0.452 e. The fourth-order valence-electron chi connectivity index (χ4n) is 1.94. The number of amides is 1. The van der Waals surface area contributed by atoms with E-state index in [9.17, 15) is 9.59 Å². The number of carbonyl (C=O) groups excluding carboxylic acids is 2. The van der Waals surface area contributed by atoms with Crippen molar-refractivity contribution in [1.29, 1.82) is 0 Å². The van der Waals surface area contributed by atoms with Crippen LogP contribution in [-0.2, 0) is 14.9 Å². The van der Waals surface area contributed by atoms with E-state index in [1.165, 1.54) is 0 Å². The Bertz CT molecular complexity index is 757. The monoisotopic (exact) mass is 330 g/mol. The van der Waals surface area contributed by atoms with E-state index < -0.39 is 18.5 Å². The lowest BCUT2D eigenvalue weighted by atomic mass is 9.92. The second kappa shape index (κ2) is 6.86. The molecule has 6 nitrogen and oxygen atoms in total. The molecular formula is C18H22N2O4. The zero-order valence-electron chi connectivity index (χ0n) is 14.6. The molecule has 0 radical (unpaired) electrons. The standard InChI is InChI=1S/C18H22N2O4/c1-11-6-7-13(8-12(11)2)17(22)23-10-15(21)19-16-9-14(20-24-16)18(3,4)5/h6-9H,10H2,1-5H3,(H,19,21). The molecule has 1 amide bonds. The Hall–Kier alpha value is -2.63. The lowest BCUT2D eigenvalue weighted by Crippen LogP contribution is -2.20. The van der Waals surface area contributed by atoms with Crippen LogP contribution in [-0.4, -0.2) is 23.6 Å². The van der Waals surface area contributed by atoms with Crippen LogP contribution in [0.2, 0.25) is 0 Å². The maximum absolute atomic E-state index is 12.0. The smallest absolute Gasteiger partial charge is 0.338 e. The molecule has 0 aliphatic rings. The van der Waals surface area contributed by atoms with Crippen LogP contribution in [0, 0.1) is 13.8 Å². The van der Waals surface area contributed by atoms with Gasteiger partial charge in [0.05, 0.1) is 11.3 Å². The molecule has 0 saturated heterocycles. The maximum Gasteiger partial charge on any atom is 0.338 e. The van der Waals surface area contributed by atoms with Gasteiger partial charge >= 0.3 is 5.97 Å². The highest BCUT2D eigenvalue weighted by Crippen LogP contribution is 2.23. The summed E-state index contributed by atoms with van der Waals surface area (Å²) >= 11 is 0. The first-order valence-corrected chi connectivity index (χ1v) is 7.68. The Balaban J connectivity index is 1.89. The summed E-state index contributed by atoms with van der Waals surface area (Å²) in [6.07, 6.45) is 0. The molecule has 0 unspecified atom stereocenters. The van der Waals surface area contributed by atoms with Gasteiger partial charge in [-0.2, -0.15) is 0 Å². The number of benzene rings is 1. The highest BCUT2D eigenvalue weighted by molar-refractivity contribution is 5.94. The summed E-state index contributed by atoms with van der Waals surface area (Å²) in [5.74, 6) is -0.794. The molecule has 0 spiro atoms. The second-order valence-corrected chi connectivity index (χ2v) is 6.75. The summed E-state index contributed by atoms with van der Waals surface area (Å²) in [6, 6.07) is 6.91. The van der Waals surface area contributed by atoms with Crippen LogP contribution < -0.4 is 5.32 Å². The fourth-order valence-corrected chi connectivity index (χ4v) is 1.94. The number of nitrogens with zero attached hydrogens (tertiary/aromatic N) is 1. The molecule has 1 aromatic carbocycles. The molecule has 0 aliphatic heterocycles. The van der Waals surface area contributed by atoms with Crippen molar-refractivity contribution >= 4 is 17.8 Å². The zero-order valence-corrected chi connectivity index (χ0v) is 14.6. The molecule has 1 N–H and O–H groups in total. The average molecular weight is 330 g/mol. The van der Waals surface area contributed by atoms with Crippen molar-refractivity contribution in [3.63, 3.8) is 0 Å². The number of rotatable bonds is 4. The summed E-state index contributed by atoms with van der Waals surface area (Å²) in [7, 11) is 0. The van der Waals surface area contributed by atoms with Gasteiger partial charge in [-0.1, -0.05) is 32.0 Å². The molecule has 1 heterocycles. The van der Waals surface area contributed by atoms with Gasteiger partial charge in [-0.25, -0.2) is 4.79 Å². The number of hydrogen-bond acceptors (Lipinski definition) is 5. The average Bonchev–Trinajstić information content (AvgIpc) is 2.96. The van der Waals surface area contributed by atoms with Gasteiger partial charge in [-0.15, -0.1) is 0 Å². The predicted molar refractivity (Wildman–Crippen MR) is 90.0 cm³/mol. The minimum absolute atomic E-state index is 0.178. The van der Waals surface area contributed by atoms with Gasteiger partial charge in [-0.3, -0.25) is 10.1 Å². The summed E-state index contributed by atoms with van der Waals surface area (Å²) in [4.78, 5) is 23.8. The first kappa shape index (κ1) is 17.7. The van der Waals surface area contributed by atoms with Crippen LogP contribution in [0.25, 0.3) is 0 Å². The van der Waals surface area contributed by atoms with Gasteiger partial charge in [0.1, 0.15) is 0 Å². The number of nitrogens with one attached hydrogen (secondary N) is 1. The fraction of sp³-hybridized carbons (Fsp3) is 0.389. The summed E-state index contributed by atoms with van der Waals surface area (Å²) in [5.41, 5.74) is 3.04. The van der Waals surface area contributed by atoms with E-state index in [0.717, 1.165) is 16.8 Å². The van der Waals surface area contributed by atoms with Gasteiger partial charge in [0.2, 0.25) is 5.88 Å². The number of aryl methyl sites for hydroxylation is 2. The third kappa shape index (κ3) is 4.44. The molecule has 24 heavy (non-hydrogen) atoms. The maximum atomic E-state index is 12.0. The lowest BCUT2D eigenvalue weighted by Gasteiger charge is -2.12. The van der Waals surface area contributed by atoms with E-state index in [1.54, 1.807) is 18.2 Å². The van der Waals surface area contributed by atoms with E-state index in [2.05, 4.69) is 10.5 Å². The zero-order chi connectivity index (χ0) is 17.9. The summed E-state index contributed by atoms with van der Waals surface area (Å²) in [5, 5.41) is 6.42. The number of esters is 1. The van der Waals surface area contributed by atoms with Crippen LogP contribution in [0.15, 0.2) is 28.8 Å². The molecule has 2 aromatic rings. The highest BCUT2D eigenvalue weighted by Gasteiger charge is 2.20. The number of carbonyl (C=O) groups is 2. The van der Waals surface area contributed by atoms with Gasteiger partial charge in [-0.05, 0) is 37.1 Å². The van der Waals surface area contributed by atoms with Crippen molar-refractivity contribution in [2.24, 2.45) is 0 Å². The van der Waals surface area contributed by atoms with Crippen molar-refractivity contribution in [1.82, 2.24) is 5.16 Å². The predicted octanol–water partition coefficient (Wildman–Crippen LogP) is 3.38. The molecule has 1 aromatic heterocycles. The molecule has 0 fully saturated rings. The highest BCUT2D eigenvalue weighted by atomic mass is 16.5.